The summed E-state index contributed by atoms with van der Waals surface area (Å²) in [7, 11) is 0. The van der Waals surface area contributed by atoms with Crippen molar-refractivity contribution in [3.05, 3.63) is 65.6 Å². The van der Waals surface area contributed by atoms with Crippen LogP contribution < -0.4 is 5.32 Å². The summed E-state index contributed by atoms with van der Waals surface area (Å²) in [4.78, 5) is 21.3. The van der Waals surface area contributed by atoms with E-state index in [1.165, 1.54) is 5.56 Å². The second kappa shape index (κ2) is 10.7. The van der Waals surface area contributed by atoms with E-state index in [1.807, 2.05) is 6.07 Å². The lowest BCUT2D eigenvalue weighted by molar-refractivity contribution is -0.151. The summed E-state index contributed by atoms with van der Waals surface area (Å²) in [5.41, 5.74) is 3.29. The number of hydrogen-bond acceptors (Lipinski definition) is 6. The van der Waals surface area contributed by atoms with Gasteiger partial charge in [-0.2, -0.15) is 0 Å². The zero-order chi connectivity index (χ0) is 23.3. The second-order valence-electron chi connectivity index (χ2n) is 9.47. The Morgan fingerprint density at radius 3 is 2.82 bits per heavy atom. The third-order valence-corrected chi connectivity index (χ3v) is 7.33. The number of carbonyl (C=O) groups is 1. The molecule has 0 saturated carbocycles. The van der Waals surface area contributed by atoms with Gasteiger partial charge in [-0.1, -0.05) is 55.3 Å². The Morgan fingerprint density at radius 1 is 1.09 bits per heavy atom. The van der Waals surface area contributed by atoms with Crippen LogP contribution in [0.4, 0.5) is 5.82 Å². The molecule has 2 saturated heterocycles. The van der Waals surface area contributed by atoms with Crippen LogP contribution in [0.25, 0.3) is 0 Å². The zero-order valence-corrected chi connectivity index (χ0v) is 19.4. The molecule has 3 aliphatic rings. The Balaban J connectivity index is 1.40. The van der Waals surface area contributed by atoms with Crippen molar-refractivity contribution in [2.45, 2.75) is 69.2 Å². The van der Waals surface area contributed by atoms with Gasteiger partial charge in [0.25, 0.3) is 0 Å². The van der Waals surface area contributed by atoms with Crippen LogP contribution in [0.3, 0.4) is 0 Å². The van der Waals surface area contributed by atoms with Gasteiger partial charge in [-0.15, -0.1) is 0 Å². The molecule has 5 rings (SSSR count). The van der Waals surface area contributed by atoms with Crippen LogP contribution in [0.2, 0.25) is 0 Å². The molecule has 180 valence electrons. The number of nitrogens with one attached hydrogen (secondary N) is 1. The lowest BCUT2D eigenvalue weighted by Crippen LogP contribution is -2.37. The normalized spacial score (nSPS) is 28.8. The van der Waals surface area contributed by atoms with Crippen molar-refractivity contribution in [1.29, 1.82) is 0 Å². The van der Waals surface area contributed by atoms with E-state index in [0.29, 0.717) is 6.61 Å². The molecule has 1 aromatic carbocycles. The van der Waals surface area contributed by atoms with E-state index in [2.05, 4.69) is 46.7 Å². The highest BCUT2D eigenvalue weighted by molar-refractivity contribution is 5.73. The molecule has 0 bridgehead atoms. The molecule has 3 heterocycles. The first-order valence-electron chi connectivity index (χ1n) is 12.5. The van der Waals surface area contributed by atoms with Crippen molar-refractivity contribution in [2.24, 2.45) is 5.92 Å². The number of allylic oxidation sites excluding steroid dienone is 2. The van der Waals surface area contributed by atoms with Gasteiger partial charge in [-0.3, -0.25) is 0 Å². The Kier molecular flexibility index (Phi) is 7.21. The molecule has 0 radical (unpaired) electrons. The number of hydrogen-bond donors (Lipinski definition) is 2. The SMILES string of the molecule is O=C(O)C1OC(C2CC=CCc3c(NCCc4ccccc4)ncnc32)C2OCCCCCC12. The van der Waals surface area contributed by atoms with Gasteiger partial charge in [-0.05, 0) is 37.7 Å². The Bertz CT molecular complexity index is 1010. The van der Waals surface area contributed by atoms with Crippen molar-refractivity contribution >= 4 is 11.8 Å². The van der Waals surface area contributed by atoms with E-state index in [1.54, 1.807) is 6.33 Å². The van der Waals surface area contributed by atoms with Gasteiger partial charge in [0, 0.05) is 30.6 Å². The highest BCUT2D eigenvalue weighted by Gasteiger charge is 2.51. The molecule has 1 aliphatic carbocycles. The molecule has 2 fully saturated rings. The fourth-order valence-electron chi connectivity index (χ4n) is 5.66. The highest BCUT2D eigenvalue weighted by atomic mass is 16.6. The Labute approximate surface area is 200 Å². The van der Waals surface area contributed by atoms with Gasteiger partial charge < -0.3 is 19.9 Å². The summed E-state index contributed by atoms with van der Waals surface area (Å²) in [5.74, 6) is -0.232. The Morgan fingerprint density at radius 2 is 1.97 bits per heavy atom. The molecule has 1 aromatic heterocycles. The van der Waals surface area contributed by atoms with E-state index in [-0.39, 0.29) is 24.0 Å². The van der Waals surface area contributed by atoms with E-state index in [0.717, 1.165) is 68.6 Å². The molecular weight excluding hydrogens is 430 g/mol. The predicted octanol–water partition coefficient (Wildman–Crippen LogP) is 4.14. The number of ether oxygens (including phenoxy) is 2. The van der Waals surface area contributed by atoms with Gasteiger partial charge in [0.05, 0.1) is 17.9 Å². The highest BCUT2D eigenvalue weighted by Crippen LogP contribution is 2.44. The van der Waals surface area contributed by atoms with Crippen LogP contribution >= 0.6 is 0 Å². The fraction of sp³-hybridized carbons (Fsp3) is 0.519. The fourth-order valence-corrected chi connectivity index (χ4v) is 5.66. The average molecular weight is 464 g/mol. The quantitative estimate of drug-likeness (QED) is 0.622. The maximum absolute atomic E-state index is 12.1. The minimum absolute atomic E-state index is 0.0669. The van der Waals surface area contributed by atoms with Crippen LogP contribution in [0.15, 0.2) is 48.8 Å². The van der Waals surface area contributed by atoms with Crippen molar-refractivity contribution in [2.75, 3.05) is 18.5 Å². The summed E-state index contributed by atoms with van der Waals surface area (Å²) in [6.45, 7) is 1.43. The summed E-state index contributed by atoms with van der Waals surface area (Å²) in [6, 6.07) is 10.4. The molecule has 7 heteroatoms. The van der Waals surface area contributed by atoms with E-state index >= 15 is 0 Å². The number of nitrogens with zero attached hydrogens (tertiary/aromatic N) is 2. The van der Waals surface area contributed by atoms with Gasteiger partial charge in [0.15, 0.2) is 6.10 Å². The smallest absolute Gasteiger partial charge is 0.333 e. The lowest BCUT2D eigenvalue weighted by atomic mass is 9.83. The number of carboxylic acids is 1. The zero-order valence-electron chi connectivity index (χ0n) is 19.4. The lowest BCUT2D eigenvalue weighted by Gasteiger charge is -2.30. The van der Waals surface area contributed by atoms with Crippen molar-refractivity contribution in [3.63, 3.8) is 0 Å². The number of benzene rings is 1. The van der Waals surface area contributed by atoms with Gasteiger partial charge in [0.1, 0.15) is 12.1 Å². The number of fused-ring (bicyclic) bond motifs is 2. The largest absolute Gasteiger partial charge is 0.479 e. The summed E-state index contributed by atoms with van der Waals surface area (Å²) < 4.78 is 12.6. The van der Waals surface area contributed by atoms with E-state index < -0.39 is 12.1 Å². The number of anilines is 1. The monoisotopic (exact) mass is 463 g/mol. The topological polar surface area (TPSA) is 93.6 Å². The summed E-state index contributed by atoms with van der Waals surface area (Å²) >= 11 is 0. The third-order valence-electron chi connectivity index (χ3n) is 7.33. The first kappa shape index (κ1) is 23.0. The van der Waals surface area contributed by atoms with Crippen LogP contribution in [0.5, 0.6) is 0 Å². The molecule has 5 unspecified atom stereocenters. The maximum Gasteiger partial charge on any atom is 0.333 e. The molecule has 0 amide bonds. The second-order valence-corrected chi connectivity index (χ2v) is 9.47. The number of carboxylic acid groups (broad SMARTS) is 1. The molecule has 2 aromatic rings. The number of aliphatic carboxylic acids is 1. The first-order chi connectivity index (χ1) is 16.7. The number of rotatable bonds is 6. The molecular formula is C27H33N3O4. The molecule has 0 spiro atoms. The summed E-state index contributed by atoms with van der Waals surface area (Å²) in [6.07, 6.45) is 10.9. The van der Waals surface area contributed by atoms with Crippen LogP contribution in [-0.4, -0.2) is 52.5 Å². The molecule has 34 heavy (non-hydrogen) atoms. The van der Waals surface area contributed by atoms with Crippen molar-refractivity contribution < 1.29 is 19.4 Å². The minimum atomic E-state index is -0.892. The van der Waals surface area contributed by atoms with Gasteiger partial charge >= 0.3 is 5.97 Å². The van der Waals surface area contributed by atoms with Crippen LogP contribution in [0, 0.1) is 5.92 Å². The first-order valence-corrected chi connectivity index (χ1v) is 12.5. The van der Waals surface area contributed by atoms with E-state index in [9.17, 15) is 9.90 Å². The number of aromatic nitrogens is 2. The van der Waals surface area contributed by atoms with Crippen molar-refractivity contribution in [1.82, 2.24) is 9.97 Å². The molecule has 2 N–H and O–H groups in total. The molecule has 2 aliphatic heterocycles. The minimum Gasteiger partial charge on any atom is -0.479 e. The van der Waals surface area contributed by atoms with Crippen LogP contribution in [-0.2, 0) is 27.1 Å². The van der Waals surface area contributed by atoms with Crippen LogP contribution in [0.1, 0.15) is 54.8 Å². The summed E-state index contributed by atoms with van der Waals surface area (Å²) in [5, 5.41) is 13.4. The third kappa shape index (κ3) is 4.86. The van der Waals surface area contributed by atoms with Gasteiger partial charge in [-0.25, -0.2) is 14.8 Å². The average Bonchev–Trinajstić information content (AvgIpc) is 3.03. The van der Waals surface area contributed by atoms with Crippen molar-refractivity contribution in [3.8, 4) is 0 Å². The predicted molar refractivity (Wildman–Crippen MR) is 129 cm³/mol. The maximum atomic E-state index is 12.1. The molecule has 5 atom stereocenters. The molecule has 7 nitrogen and oxygen atoms in total. The van der Waals surface area contributed by atoms with E-state index in [4.69, 9.17) is 14.5 Å². The van der Waals surface area contributed by atoms with Gasteiger partial charge in [0.2, 0.25) is 0 Å². The Hall–Kier alpha value is -2.77. The standard InChI is InChI=1S/C27H33N3O4/c31-27(32)25-21-13-5-2-8-16-33-23(21)24(34-25)19-11-6-7-12-20-22(19)29-17-30-26(20)28-15-14-18-9-3-1-4-10-18/h1,3-4,6-7,9-10,17,19,21,23-25H,2,5,8,11-16H2,(H,31,32)(H,28,29,30).